The van der Waals surface area contributed by atoms with Crippen LogP contribution in [0, 0.1) is 0 Å². The number of benzene rings is 3. The number of halogens is 2. The molecular weight excluding hydrogens is 415 g/mol. The van der Waals surface area contributed by atoms with Crippen molar-refractivity contribution in [1.29, 1.82) is 0 Å². The van der Waals surface area contributed by atoms with Crippen molar-refractivity contribution in [3.63, 3.8) is 0 Å². The van der Waals surface area contributed by atoms with Gasteiger partial charge in [-0.15, -0.1) is 0 Å². The molecule has 0 saturated heterocycles. The molecule has 0 N–H and O–H groups in total. The molecule has 0 aliphatic heterocycles. The summed E-state index contributed by atoms with van der Waals surface area (Å²) in [6, 6.07) is 25.7. The molecule has 4 aromatic rings. The smallest absolute Gasteiger partial charge is 0.139 e. The molecule has 0 saturated carbocycles. The van der Waals surface area contributed by atoms with Crippen LogP contribution >= 0.6 is 23.2 Å². The Bertz CT molecular complexity index is 1040. The van der Waals surface area contributed by atoms with E-state index in [1.807, 2.05) is 80.0 Å². The van der Waals surface area contributed by atoms with Crippen LogP contribution in [-0.2, 0) is 18.2 Å². The van der Waals surface area contributed by atoms with E-state index >= 15 is 0 Å². The largest absolute Gasteiger partial charge is 0.368 e. The van der Waals surface area contributed by atoms with Crippen molar-refractivity contribution in [1.82, 2.24) is 9.55 Å². The van der Waals surface area contributed by atoms with Crippen molar-refractivity contribution in [2.75, 3.05) is 6.61 Å². The van der Waals surface area contributed by atoms with Gasteiger partial charge in [0.05, 0.1) is 6.61 Å². The summed E-state index contributed by atoms with van der Waals surface area (Å²) in [5, 5.41) is 1.41. The molecule has 30 heavy (non-hydrogen) atoms. The molecule has 0 bridgehead atoms. The molecule has 1 heterocycles. The highest BCUT2D eigenvalue weighted by Gasteiger charge is 2.16. The highest BCUT2D eigenvalue weighted by molar-refractivity contribution is 6.30. The third kappa shape index (κ3) is 4.76. The molecule has 0 radical (unpaired) electrons. The summed E-state index contributed by atoms with van der Waals surface area (Å²) >= 11 is 12.1. The number of imidazole rings is 1. The minimum absolute atomic E-state index is 0.193. The highest BCUT2D eigenvalue weighted by Crippen LogP contribution is 2.28. The predicted molar refractivity (Wildman–Crippen MR) is 123 cm³/mol. The number of hydrogen-bond donors (Lipinski definition) is 0. The quantitative estimate of drug-likeness (QED) is 0.320. The molecule has 0 spiro atoms. The van der Waals surface area contributed by atoms with E-state index in [1.54, 1.807) is 0 Å². The van der Waals surface area contributed by atoms with Crippen LogP contribution < -0.4 is 0 Å². The van der Waals surface area contributed by atoms with E-state index in [9.17, 15) is 0 Å². The number of aromatic nitrogens is 2. The molecule has 4 rings (SSSR count). The monoisotopic (exact) mass is 436 g/mol. The summed E-state index contributed by atoms with van der Waals surface area (Å²) in [7, 11) is 2.04. The van der Waals surface area contributed by atoms with Crippen molar-refractivity contribution in [3.05, 3.63) is 112 Å². The molecule has 0 aliphatic carbocycles. The zero-order valence-electron chi connectivity index (χ0n) is 16.6. The minimum Gasteiger partial charge on any atom is -0.368 e. The van der Waals surface area contributed by atoms with Gasteiger partial charge in [-0.1, -0.05) is 77.8 Å². The first-order chi connectivity index (χ1) is 14.6. The van der Waals surface area contributed by atoms with Gasteiger partial charge in [-0.25, -0.2) is 4.98 Å². The summed E-state index contributed by atoms with van der Waals surface area (Å²) < 4.78 is 8.46. The van der Waals surface area contributed by atoms with Crippen LogP contribution in [0.4, 0.5) is 0 Å². The molecule has 0 unspecified atom stereocenters. The summed E-state index contributed by atoms with van der Waals surface area (Å²) in [5.74, 6) is 0.956. The first-order valence-electron chi connectivity index (χ1n) is 9.80. The van der Waals surface area contributed by atoms with Crippen molar-refractivity contribution in [2.24, 2.45) is 7.05 Å². The second kappa shape index (κ2) is 9.48. The average molecular weight is 437 g/mol. The fourth-order valence-electron chi connectivity index (χ4n) is 3.47. The number of hydrogen-bond acceptors (Lipinski definition) is 2. The Hall–Kier alpha value is -2.59. The maximum Gasteiger partial charge on any atom is 0.139 e. The van der Waals surface area contributed by atoms with Gasteiger partial charge in [0.15, 0.2) is 0 Å². The normalized spacial score (nSPS) is 11.2. The molecule has 1 aromatic heterocycles. The van der Waals surface area contributed by atoms with Gasteiger partial charge in [0.1, 0.15) is 11.9 Å². The summed E-state index contributed by atoms with van der Waals surface area (Å²) in [4.78, 5) is 4.60. The summed E-state index contributed by atoms with van der Waals surface area (Å²) in [5.41, 5.74) is 4.33. The van der Waals surface area contributed by atoms with Gasteiger partial charge >= 0.3 is 0 Å². The van der Waals surface area contributed by atoms with Crippen molar-refractivity contribution >= 4 is 23.2 Å². The molecule has 5 heteroatoms. The Morgan fingerprint density at radius 3 is 1.97 bits per heavy atom. The van der Waals surface area contributed by atoms with E-state index in [2.05, 4.69) is 21.7 Å². The van der Waals surface area contributed by atoms with Crippen LogP contribution in [0.2, 0.25) is 10.0 Å². The molecule has 0 aliphatic rings. The fourth-order valence-corrected chi connectivity index (χ4v) is 3.73. The van der Waals surface area contributed by atoms with Crippen molar-refractivity contribution in [3.8, 4) is 11.4 Å². The van der Waals surface area contributed by atoms with Crippen LogP contribution in [-0.4, -0.2) is 16.2 Å². The average Bonchev–Trinajstić information content (AvgIpc) is 3.14. The molecule has 0 amide bonds. The van der Waals surface area contributed by atoms with E-state index in [0.717, 1.165) is 34.6 Å². The van der Waals surface area contributed by atoms with Gasteiger partial charge in [0.2, 0.25) is 0 Å². The van der Waals surface area contributed by atoms with Gasteiger partial charge in [-0.2, -0.15) is 0 Å². The van der Waals surface area contributed by atoms with Gasteiger partial charge in [0, 0.05) is 41.0 Å². The van der Waals surface area contributed by atoms with Crippen LogP contribution in [0.25, 0.3) is 11.4 Å². The third-order valence-electron chi connectivity index (χ3n) is 5.10. The van der Waals surface area contributed by atoms with E-state index in [1.165, 1.54) is 0 Å². The summed E-state index contributed by atoms with van der Waals surface area (Å²) in [6.45, 7) is 0.559. The van der Waals surface area contributed by atoms with E-state index in [0.29, 0.717) is 16.7 Å². The molecule has 0 fully saturated rings. The van der Waals surface area contributed by atoms with Gasteiger partial charge in [0.25, 0.3) is 0 Å². The standard InChI is InChI=1S/C25H22Cl2N2O/c1-29-23(17-28-25(29)20-5-3-2-4-6-20)15-16-30-24(18-7-11-21(26)12-8-18)19-9-13-22(27)14-10-19/h2-14,17,24H,15-16H2,1H3. The fraction of sp³-hybridized carbons (Fsp3) is 0.160. The lowest BCUT2D eigenvalue weighted by Crippen LogP contribution is -2.10. The van der Waals surface area contributed by atoms with Crippen molar-refractivity contribution < 1.29 is 4.74 Å². The van der Waals surface area contributed by atoms with E-state index in [4.69, 9.17) is 27.9 Å². The van der Waals surface area contributed by atoms with Gasteiger partial charge in [-0.05, 0) is 35.4 Å². The van der Waals surface area contributed by atoms with E-state index < -0.39 is 0 Å². The Labute approximate surface area is 186 Å². The van der Waals surface area contributed by atoms with Crippen LogP contribution in [0.1, 0.15) is 22.9 Å². The highest BCUT2D eigenvalue weighted by atomic mass is 35.5. The lowest BCUT2D eigenvalue weighted by Gasteiger charge is -2.19. The SMILES string of the molecule is Cn1c(CCOC(c2ccc(Cl)cc2)c2ccc(Cl)cc2)cnc1-c1ccccc1. The molecule has 0 atom stereocenters. The zero-order chi connectivity index (χ0) is 20.9. The lowest BCUT2D eigenvalue weighted by molar-refractivity contribution is 0.0818. The lowest BCUT2D eigenvalue weighted by atomic mass is 10.0. The van der Waals surface area contributed by atoms with Crippen molar-refractivity contribution in [2.45, 2.75) is 12.5 Å². The van der Waals surface area contributed by atoms with Crippen LogP contribution in [0.15, 0.2) is 85.1 Å². The first kappa shape index (κ1) is 20.7. The van der Waals surface area contributed by atoms with Crippen LogP contribution in [0.5, 0.6) is 0 Å². The molecule has 3 aromatic carbocycles. The van der Waals surface area contributed by atoms with E-state index in [-0.39, 0.29) is 6.10 Å². The van der Waals surface area contributed by atoms with Gasteiger partial charge < -0.3 is 9.30 Å². The Morgan fingerprint density at radius 1 is 0.833 bits per heavy atom. The van der Waals surface area contributed by atoms with Crippen LogP contribution in [0.3, 0.4) is 0 Å². The second-order valence-electron chi connectivity index (χ2n) is 7.10. The third-order valence-corrected chi connectivity index (χ3v) is 5.61. The maximum atomic E-state index is 6.34. The molecular formula is C25H22Cl2N2O. The molecule has 3 nitrogen and oxygen atoms in total. The number of ether oxygens (including phenoxy) is 1. The number of rotatable bonds is 7. The minimum atomic E-state index is -0.193. The Balaban J connectivity index is 1.50. The maximum absolute atomic E-state index is 6.34. The number of nitrogens with zero attached hydrogens (tertiary/aromatic N) is 2. The Morgan fingerprint density at radius 2 is 1.40 bits per heavy atom. The second-order valence-corrected chi connectivity index (χ2v) is 7.97. The first-order valence-corrected chi connectivity index (χ1v) is 10.6. The predicted octanol–water partition coefficient (Wildman–Crippen LogP) is 6.74. The zero-order valence-corrected chi connectivity index (χ0v) is 18.1. The summed E-state index contributed by atoms with van der Waals surface area (Å²) in [6.07, 6.45) is 2.49. The van der Waals surface area contributed by atoms with Gasteiger partial charge in [-0.3, -0.25) is 0 Å². The molecule has 152 valence electrons. The Kier molecular flexibility index (Phi) is 6.53. The topological polar surface area (TPSA) is 27.1 Å².